The van der Waals surface area contributed by atoms with Crippen LogP contribution in [-0.4, -0.2) is 38.3 Å². The number of carboxylic acid groups (broad SMARTS) is 1. The van der Waals surface area contributed by atoms with Crippen molar-refractivity contribution in [2.24, 2.45) is 13.0 Å². The van der Waals surface area contributed by atoms with Gasteiger partial charge < -0.3 is 5.11 Å². The third-order valence-electron chi connectivity index (χ3n) is 4.08. The van der Waals surface area contributed by atoms with E-state index in [-0.39, 0.29) is 12.0 Å². The van der Waals surface area contributed by atoms with Gasteiger partial charge in [0.05, 0.1) is 5.69 Å². The van der Waals surface area contributed by atoms with Gasteiger partial charge in [-0.2, -0.15) is 5.10 Å². The van der Waals surface area contributed by atoms with Gasteiger partial charge in [-0.3, -0.25) is 14.4 Å². The number of carbonyl (C=O) groups is 1. The Balaban J connectivity index is 2.21. The second-order valence-corrected chi connectivity index (χ2v) is 5.29. The molecule has 0 radical (unpaired) electrons. The Kier molecular flexibility index (Phi) is 3.43. The molecular formula is C13H21N3O2. The van der Waals surface area contributed by atoms with E-state index in [1.165, 1.54) is 0 Å². The maximum Gasteiger partial charge on any atom is 0.321 e. The molecule has 0 aromatic carbocycles. The van der Waals surface area contributed by atoms with Crippen LogP contribution in [0.2, 0.25) is 0 Å². The Morgan fingerprint density at radius 3 is 2.67 bits per heavy atom. The number of hydrogen-bond acceptors (Lipinski definition) is 3. The third-order valence-corrected chi connectivity index (χ3v) is 4.08. The van der Waals surface area contributed by atoms with Gasteiger partial charge in [0.2, 0.25) is 0 Å². The van der Waals surface area contributed by atoms with Crippen molar-refractivity contribution < 1.29 is 9.90 Å². The summed E-state index contributed by atoms with van der Waals surface area (Å²) >= 11 is 0. The summed E-state index contributed by atoms with van der Waals surface area (Å²) in [5.41, 5.74) is 3.28. The minimum atomic E-state index is -0.709. The molecule has 0 amide bonds. The molecule has 0 spiro atoms. The zero-order valence-corrected chi connectivity index (χ0v) is 11.5. The summed E-state index contributed by atoms with van der Waals surface area (Å²) in [7, 11) is 1.92. The standard InChI is InChI=1S/C13H21N3O2/c1-8-5-6-16(12(8)13(17)18)7-11-9(2)14-15(4)10(11)3/h8,12H,5-7H2,1-4H3,(H,17,18). The minimum absolute atomic E-state index is 0.222. The molecule has 1 saturated heterocycles. The summed E-state index contributed by atoms with van der Waals surface area (Å²) in [6.07, 6.45) is 0.954. The maximum atomic E-state index is 11.3. The number of aromatic nitrogens is 2. The molecule has 1 aliphatic rings. The number of likely N-dealkylation sites (tertiary alicyclic amines) is 1. The van der Waals surface area contributed by atoms with Crippen LogP contribution in [0.25, 0.3) is 0 Å². The molecule has 2 heterocycles. The van der Waals surface area contributed by atoms with Crippen LogP contribution >= 0.6 is 0 Å². The van der Waals surface area contributed by atoms with Crippen LogP contribution in [0.15, 0.2) is 0 Å². The van der Waals surface area contributed by atoms with Crippen molar-refractivity contribution in [1.82, 2.24) is 14.7 Å². The third kappa shape index (κ3) is 2.14. The quantitative estimate of drug-likeness (QED) is 0.880. The highest BCUT2D eigenvalue weighted by Gasteiger charge is 2.37. The molecule has 1 N–H and O–H groups in total. The van der Waals surface area contributed by atoms with E-state index >= 15 is 0 Å². The largest absolute Gasteiger partial charge is 0.480 e. The van der Waals surface area contributed by atoms with E-state index < -0.39 is 5.97 Å². The molecule has 1 fully saturated rings. The van der Waals surface area contributed by atoms with Gasteiger partial charge in [0.1, 0.15) is 6.04 Å². The van der Waals surface area contributed by atoms with E-state index in [0.29, 0.717) is 6.54 Å². The molecule has 1 aromatic rings. The topological polar surface area (TPSA) is 58.4 Å². The van der Waals surface area contributed by atoms with Gasteiger partial charge in [-0.15, -0.1) is 0 Å². The molecule has 0 bridgehead atoms. The van der Waals surface area contributed by atoms with E-state index in [1.807, 2.05) is 32.5 Å². The molecule has 2 unspecified atom stereocenters. The predicted molar refractivity (Wildman–Crippen MR) is 68.3 cm³/mol. The highest BCUT2D eigenvalue weighted by atomic mass is 16.4. The van der Waals surface area contributed by atoms with E-state index in [9.17, 15) is 9.90 Å². The number of nitrogens with zero attached hydrogens (tertiary/aromatic N) is 3. The first-order valence-corrected chi connectivity index (χ1v) is 6.37. The molecule has 2 rings (SSSR count). The predicted octanol–water partition coefficient (Wildman–Crippen LogP) is 1.33. The van der Waals surface area contributed by atoms with Crippen LogP contribution in [0.1, 0.15) is 30.3 Å². The summed E-state index contributed by atoms with van der Waals surface area (Å²) in [5.74, 6) is -0.487. The SMILES string of the molecule is Cc1nn(C)c(C)c1CN1CCC(C)C1C(=O)O. The van der Waals surface area contributed by atoms with E-state index in [0.717, 1.165) is 29.9 Å². The summed E-state index contributed by atoms with van der Waals surface area (Å²) in [4.78, 5) is 13.4. The van der Waals surface area contributed by atoms with Gasteiger partial charge in [-0.05, 0) is 32.7 Å². The molecule has 5 nitrogen and oxygen atoms in total. The lowest BCUT2D eigenvalue weighted by Gasteiger charge is -2.23. The first-order valence-electron chi connectivity index (χ1n) is 6.37. The Morgan fingerprint density at radius 1 is 1.50 bits per heavy atom. The molecule has 0 aliphatic carbocycles. The van der Waals surface area contributed by atoms with Crippen LogP contribution in [0, 0.1) is 19.8 Å². The number of rotatable bonds is 3. The fourth-order valence-corrected chi connectivity index (χ4v) is 2.85. The molecule has 5 heteroatoms. The summed E-state index contributed by atoms with van der Waals surface area (Å²) in [5, 5.41) is 13.7. The van der Waals surface area contributed by atoms with Crippen molar-refractivity contribution in [3.8, 4) is 0 Å². The lowest BCUT2D eigenvalue weighted by molar-refractivity contribution is -0.143. The summed E-state index contributed by atoms with van der Waals surface area (Å²) < 4.78 is 1.86. The average molecular weight is 251 g/mol. The molecule has 1 aromatic heterocycles. The monoisotopic (exact) mass is 251 g/mol. The zero-order valence-electron chi connectivity index (χ0n) is 11.5. The highest BCUT2D eigenvalue weighted by molar-refractivity contribution is 5.74. The van der Waals surface area contributed by atoms with Crippen LogP contribution in [0.3, 0.4) is 0 Å². The van der Waals surface area contributed by atoms with E-state index in [2.05, 4.69) is 10.00 Å². The molecule has 1 aliphatic heterocycles. The van der Waals surface area contributed by atoms with Crippen LogP contribution in [0.4, 0.5) is 0 Å². The number of aliphatic carboxylic acids is 1. The van der Waals surface area contributed by atoms with E-state index in [1.54, 1.807) is 0 Å². The second-order valence-electron chi connectivity index (χ2n) is 5.29. The van der Waals surface area contributed by atoms with Crippen LogP contribution in [0.5, 0.6) is 0 Å². The van der Waals surface area contributed by atoms with Gasteiger partial charge in [0.15, 0.2) is 0 Å². The van der Waals surface area contributed by atoms with Gasteiger partial charge in [0, 0.05) is 24.8 Å². The van der Waals surface area contributed by atoms with Gasteiger partial charge in [-0.1, -0.05) is 6.92 Å². The first-order chi connectivity index (χ1) is 8.41. The van der Waals surface area contributed by atoms with Gasteiger partial charge in [0.25, 0.3) is 0 Å². The Morgan fingerprint density at radius 2 is 2.17 bits per heavy atom. The molecule has 18 heavy (non-hydrogen) atoms. The summed E-state index contributed by atoms with van der Waals surface area (Å²) in [6, 6.07) is -0.357. The van der Waals surface area contributed by atoms with Crippen molar-refractivity contribution in [2.45, 2.75) is 39.8 Å². The minimum Gasteiger partial charge on any atom is -0.480 e. The fourth-order valence-electron chi connectivity index (χ4n) is 2.85. The van der Waals surface area contributed by atoms with Crippen molar-refractivity contribution in [1.29, 1.82) is 0 Å². The van der Waals surface area contributed by atoms with Crippen LogP contribution in [-0.2, 0) is 18.4 Å². The van der Waals surface area contributed by atoms with Crippen molar-refractivity contribution >= 4 is 5.97 Å². The molecule has 2 atom stereocenters. The average Bonchev–Trinajstić information content (AvgIpc) is 2.75. The molecule has 0 saturated carbocycles. The van der Waals surface area contributed by atoms with Crippen molar-refractivity contribution in [2.75, 3.05) is 6.54 Å². The Hall–Kier alpha value is -1.36. The molecule has 100 valence electrons. The number of hydrogen-bond donors (Lipinski definition) is 1. The smallest absolute Gasteiger partial charge is 0.321 e. The second kappa shape index (κ2) is 4.72. The maximum absolute atomic E-state index is 11.3. The Bertz CT molecular complexity index is 467. The van der Waals surface area contributed by atoms with E-state index in [4.69, 9.17) is 0 Å². The zero-order chi connectivity index (χ0) is 13.4. The lowest BCUT2D eigenvalue weighted by Crippen LogP contribution is -2.38. The lowest BCUT2D eigenvalue weighted by atomic mass is 10.0. The Labute approximate surface area is 107 Å². The number of aryl methyl sites for hydroxylation is 2. The number of carboxylic acids is 1. The fraction of sp³-hybridized carbons (Fsp3) is 0.692. The normalized spacial score (nSPS) is 24.7. The van der Waals surface area contributed by atoms with Crippen LogP contribution < -0.4 is 0 Å². The van der Waals surface area contributed by atoms with Gasteiger partial charge in [-0.25, -0.2) is 0 Å². The van der Waals surface area contributed by atoms with Crippen molar-refractivity contribution in [3.05, 3.63) is 17.0 Å². The highest BCUT2D eigenvalue weighted by Crippen LogP contribution is 2.27. The first kappa shape index (κ1) is 13.1. The van der Waals surface area contributed by atoms with Crippen molar-refractivity contribution in [3.63, 3.8) is 0 Å². The molecular weight excluding hydrogens is 230 g/mol. The van der Waals surface area contributed by atoms with Gasteiger partial charge >= 0.3 is 5.97 Å². The summed E-state index contributed by atoms with van der Waals surface area (Å²) in [6.45, 7) is 7.57.